The van der Waals surface area contributed by atoms with Crippen LogP contribution in [0, 0.1) is 0 Å². The summed E-state index contributed by atoms with van der Waals surface area (Å²) in [5, 5.41) is 5.75. The maximum absolute atomic E-state index is 12.4. The first kappa shape index (κ1) is 20.3. The van der Waals surface area contributed by atoms with Gasteiger partial charge in [-0.05, 0) is 37.1 Å². The lowest BCUT2D eigenvalue weighted by atomic mass is 10.0. The number of carbonyl (C=O) groups is 2. The molecule has 0 aliphatic rings. The first-order valence-electron chi connectivity index (χ1n) is 9.09. The molecule has 0 fully saturated rings. The second kappa shape index (κ2) is 10.2. The van der Waals surface area contributed by atoms with Crippen molar-refractivity contribution in [3.8, 4) is 5.75 Å². The molecule has 6 heteroatoms. The fourth-order valence-corrected chi connectivity index (χ4v) is 2.83. The predicted octanol–water partition coefficient (Wildman–Crippen LogP) is 2.59. The minimum Gasteiger partial charge on any atom is -0.494 e. The number of benzene rings is 2. The highest BCUT2D eigenvalue weighted by atomic mass is 16.5. The Morgan fingerprint density at radius 3 is 2.48 bits per heavy atom. The highest BCUT2D eigenvalue weighted by Gasteiger charge is 2.20. The van der Waals surface area contributed by atoms with E-state index in [9.17, 15) is 9.59 Å². The second-order valence-electron chi connectivity index (χ2n) is 6.27. The van der Waals surface area contributed by atoms with E-state index in [1.807, 2.05) is 55.5 Å². The van der Waals surface area contributed by atoms with Crippen LogP contribution < -0.4 is 21.1 Å². The molecule has 0 aliphatic heterocycles. The summed E-state index contributed by atoms with van der Waals surface area (Å²) in [6.45, 7) is 4.36. The van der Waals surface area contributed by atoms with Gasteiger partial charge in [-0.25, -0.2) is 0 Å². The van der Waals surface area contributed by atoms with Crippen molar-refractivity contribution in [3.05, 3.63) is 59.7 Å². The summed E-state index contributed by atoms with van der Waals surface area (Å²) in [6.07, 6.45) is 0.859. The maximum Gasteiger partial charge on any atom is 0.222 e. The summed E-state index contributed by atoms with van der Waals surface area (Å²) in [7, 11) is 0. The molecule has 0 radical (unpaired) electrons. The van der Waals surface area contributed by atoms with Gasteiger partial charge in [0, 0.05) is 24.7 Å². The highest BCUT2D eigenvalue weighted by molar-refractivity contribution is 5.79. The van der Waals surface area contributed by atoms with Crippen molar-refractivity contribution in [2.45, 2.75) is 32.7 Å². The van der Waals surface area contributed by atoms with E-state index in [-0.39, 0.29) is 18.2 Å². The normalized spacial score (nSPS) is 11.5. The first-order chi connectivity index (χ1) is 13.0. The van der Waals surface area contributed by atoms with E-state index in [4.69, 9.17) is 10.5 Å². The van der Waals surface area contributed by atoms with E-state index in [0.717, 1.165) is 11.1 Å². The molecule has 2 aromatic carbocycles. The summed E-state index contributed by atoms with van der Waals surface area (Å²) in [5.74, 6) is 0.352. The Morgan fingerprint density at radius 1 is 1.11 bits per heavy atom. The molecule has 2 amide bonds. The van der Waals surface area contributed by atoms with Gasteiger partial charge in [0.25, 0.3) is 0 Å². The molecule has 0 bridgehead atoms. The Balaban J connectivity index is 1.97. The van der Waals surface area contributed by atoms with Crippen molar-refractivity contribution in [3.63, 3.8) is 0 Å². The summed E-state index contributed by atoms with van der Waals surface area (Å²) >= 11 is 0. The molecule has 6 nitrogen and oxygen atoms in total. The SMILES string of the molecule is CCOc1ccccc1C(CC(=O)NCCc1ccc(N)cc1)NC(C)=O. The van der Waals surface area contributed by atoms with Crippen LogP contribution in [0.4, 0.5) is 5.69 Å². The highest BCUT2D eigenvalue weighted by Crippen LogP contribution is 2.27. The van der Waals surface area contributed by atoms with Crippen LogP contribution in [0.25, 0.3) is 0 Å². The number of para-hydroxylation sites is 1. The third kappa shape index (κ3) is 6.66. The lowest BCUT2D eigenvalue weighted by molar-refractivity contribution is -0.122. The van der Waals surface area contributed by atoms with Crippen molar-refractivity contribution < 1.29 is 14.3 Å². The zero-order valence-corrected chi connectivity index (χ0v) is 15.8. The molecule has 1 unspecified atom stereocenters. The average molecular weight is 369 g/mol. The average Bonchev–Trinajstić information content (AvgIpc) is 2.63. The van der Waals surface area contributed by atoms with Gasteiger partial charge < -0.3 is 21.1 Å². The fraction of sp³-hybridized carbons (Fsp3) is 0.333. The zero-order chi connectivity index (χ0) is 19.6. The molecule has 2 rings (SSSR count). The second-order valence-corrected chi connectivity index (χ2v) is 6.27. The van der Waals surface area contributed by atoms with Gasteiger partial charge in [0.15, 0.2) is 0 Å². The number of nitrogens with one attached hydrogen (secondary N) is 2. The van der Waals surface area contributed by atoms with Crippen LogP contribution in [0.15, 0.2) is 48.5 Å². The molecule has 2 aromatic rings. The Hall–Kier alpha value is -3.02. The van der Waals surface area contributed by atoms with Crippen LogP contribution in [-0.2, 0) is 16.0 Å². The minimum absolute atomic E-state index is 0.129. The summed E-state index contributed by atoms with van der Waals surface area (Å²) in [4.78, 5) is 24.0. The van der Waals surface area contributed by atoms with E-state index in [2.05, 4.69) is 10.6 Å². The number of carbonyl (C=O) groups excluding carboxylic acids is 2. The first-order valence-corrected chi connectivity index (χ1v) is 9.09. The Labute approximate surface area is 160 Å². The van der Waals surface area contributed by atoms with E-state index in [1.54, 1.807) is 0 Å². The molecule has 0 saturated carbocycles. The molecule has 0 aromatic heterocycles. The third-order valence-electron chi connectivity index (χ3n) is 4.08. The molecule has 0 aliphatic carbocycles. The van der Waals surface area contributed by atoms with E-state index in [1.165, 1.54) is 6.92 Å². The fourth-order valence-electron chi connectivity index (χ4n) is 2.83. The minimum atomic E-state index is -0.443. The van der Waals surface area contributed by atoms with Crippen LogP contribution >= 0.6 is 0 Å². The standard InChI is InChI=1S/C21H27N3O3/c1-3-27-20-7-5-4-6-18(20)19(24-15(2)25)14-21(26)23-13-12-16-8-10-17(22)11-9-16/h4-11,19H,3,12-14,22H2,1-2H3,(H,23,26)(H,24,25). The van der Waals surface area contributed by atoms with Crippen molar-refractivity contribution in [1.29, 1.82) is 0 Å². The number of anilines is 1. The van der Waals surface area contributed by atoms with Crippen LogP contribution in [0.3, 0.4) is 0 Å². The molecule has 144 valence electrons. The number of amides is 2. The van der Waals surface area contributed by atoms with Gasteiger partial charge in [0.2, 0.25) is 11.8 Å². The molecule has 4 N–H and O–H groups in total. The largest absolute Gasteiger partial charge is 0.494 e. The Kier molecular flexibility index (Phi) is 7.67. The topological polar surface area (TPSA) is 93.4 Å². The number of ether oxygens (including phenoxy) is 1. The van der Waals surface area contributed by atoms with Gasteiger partial charge in [-0.15, -0.1) is 0 Å². The van der Waals surface area contributed by atoms with Crippen LogP contribution in [-0.4, -0.2) is 25.0 Å². The molecular weight excluding hydrogens is 342 g/mol. The van der Waals surface area contributed by atoms with Gasteiger partial charge in [0.05, 0.1) is 19.1 Å². The van der Waals surface area contributed by atoms with Crippen molar-refractivity contribution >= 4 is 17.5 Å². The smallest absolute Gasteiger partial charge is 0.222 e. The summed E-state index contributed by atoms with van der Waals surface area (Å²) in [6, 6.07) is 14.6. The number of rotatable bonds is 9. The summed E-state index contributed by atoms with van der Waals surface area (Å²) in [5.41, 5.74) is 8.29. The molecule has 0 heterocycles. The quantitative estimate of drug-likeness (QED) is 0.592. The number of hydrogen-bond donors (Lipinski definition) is 3. The maximum atomic E-state index is 12.4. The predicted molar refractivity (Wildman–Crippen MR) is 106 cm³/mol. The Morgan fingerprint density at radius 2 is 1.81 bits per heavy atom. The van der Waals surface area contributed by atoms with Gasteiger partial charge in [0.1, 0.15) is 5.75 Å². The zero-order valence-electron chi connectivity index (χ0n) is 15.8. The third-order valence-corrected chi connectivity index (χ3v) is 4.08. The lowest BCUT2D eigenvalue weighted by Crippen LogP contribution is -2.33. The summed E-state index contributed by atoms with van der Waals surface area (Å²) < 4.78 is 5.64. The molecule has 1 atom stereocenters. The van der Waals surface area contributed by atoms with Gasteiger partial charge in [-0.2, -0.15) is 0 Å². The van der Waals surface area contributed by atoms with Crippen LogP contribution in [0.2, 0.25) is 0 Å². The van der Waals surface area contributed by atoms with Gasteiger partial charge in [-0.3, -0.25) is 9.59 Å². The molecule has 0 saturated heterocycles. The molecule has 0 spiro atoms. The molecular formula is C21H27N3O3. The van der Waals surface area contributed by atoms with Crippen molar-refractivity contribution in [1.82, 2.24) is 10.6 Å². The van der Waals surface area contributed by atoms with E-state index < -0.39 is 6.04 Å². The monoisotopic (exact) mass is 369 g/mol. The lowest BCUT2D eigenvalue weighted by Gasteiger charge is -2.21. The van der Waals surface area contributed by atoms with E-state index in [0.29, 0.717) is 31.0 Å². The molecule has 27 heavy (non-hydrogen) atoms. The van der Waals surface area contributed by atoms with Gasteiger partial charge >= 0.3 is 0 Å². The van der Waals surface area contributed by atoms with Crippen LogP contribution in [0.5, 0.6) is 5.75 Å². The van der Waals surface area contributed by atoms with E-state index >= 15 is 0 Å². The number of nitrogens with two attached hydrogens (primary N) is 1. The van der Waals surface area contributed by atoms with Gasteiger partial charge in [-0.1, -0.05) is 30.3 Å². The Bertz CT molecular complexity index is 760. The van der Waals surface area contributed by atoms with Crippen molar-refractivity contribution in [2.75, 3.05) is 18.9 Å². The van der Waals surface area contributed by atoms with Crippen molar-refractivity contribution in [2.24, 2.45) is 0 Å². The number of nitrogen functional groups attached to an aromatic ring is 1. The van der Waals surface area contributed by atoms with Crippen LogP contribution in [0.1, 0.15) is 37.4 Å². The number of hydrogen-bond acceptors (Lipinski definition) is 4.